The summed E-state index contributed by atoms with van der Waals surface area (Å²) in [5.74, 6) is 0.489. The van der Waals surface area contributed by atoms with Crippen LogP contribution in [0.5, 0.6) is 0 Å². The quantitative estimate of drug-likeness (QED) is 0.851. The molecule has 0 radical (unpaired) electrons. The van der Waals surface area contributed by atoms with E-state index in [9.17, 15) is 8.42 Å². The van der Waals surface area contributed by atoms with Crippen LogP contribution in [0.25, 0.3) is 0 Å². The highest BCUT2D eigenvalue weighted by Crippen LogP contribution is 2.30. The molecule has 6 heteroatoms. The van der Waals surface area contributed by atoms with Gasteiger partial charge in [0.1, 0.15) is 4.90 Å². The van der Waals surface area contributed by atoms with Gasteiger partial charge in [-0.15, -0.1) is 0 Å². The molecule has 1 fully saturated rings. The number of anilines is 1. The number of halogens is 1. The van der Waals surface area contributed by atoms with Gasteiger partial charge < -0.3 is 5.73 Å². The normalized spacial score (nSPS) is 16.6. The van der Waals surface area contributed by atoms with Gasteiger partial charge in [-0.25, -0.2) is 8.42 Å². The van der Waals surface area contributed by atoms with Crippen LogP contribution in [0, 0.1) is 5.92 Å². The number of nitrogen functional groups attached to an aromatic ring is 1. The first kappa shape index (κ1) is 14.6. The Kier molecular flexibility index (Phi) is 4.38. The van der Waals surface area contributed by atoms with Gasteiger partial charge in [-0.3, -0.25) is 0 Å². The van der Waals surface area contributed by atoms with Crippen molar-refractivity contribution in [3.63, 3.8) is 0 Å². The Morgan fingerprint density at radius 2 is 2.11 bits per heavy atom. The van der Waals surface area contributed by atoms with Crippen molar-refractivity contribution in [1.82, 2.24) is 4.31 Å². The average Bonchev–Trinajstić information content (AvgIpc) is 2.26. The van der Waals surface area contributed by atoms with Crippen LogP contribution >= 0.6 is 11.6 Å². The predicted octanol–water partition coefficient (Wildman–Crippen LogP) is 2.73. The summed E-state index contributed by atoms with van der Waals surface area (Å²) < 4.78 is 26.7. The fourth-order valence-corrected chi connectivity index (χ4v) is 4.06. The maximum Gasteiger partial charge on any atom is 0.245 e. The number of benzene rings is 1. The summed E-state index contributed by atoms with van der Waals surface area (Å²) in [6.45, 7) is 2.89. The topological polar surface area (TPSA) is 63.4 Å². The fraction of sp³-hybridized carbons (Fsp3) is 0.538. The molecule has 1 aromatic carbocycles. The monoisotopic (exact) mass is 302 g/mol. The van der Waals surface area contributed by atoms with Crippen molar-refractivity contribution in [3.8, 4) is 0 Å². The number of nitrogens with two attached hydrogens (primary N) is 1. The van der Waals surface area contributed by atoms with Gasteiger partial charge in [0, 0.05) is 18.1 Å². The molecule has 0 aromatic heterocycles. The van der Waals surface area contributed by atoms with E-state index in [1.54, 1.807) is 6.07 Å². The molecule has 0 amide bonds. The lowest BCUT2D eigenvalue weighted by molar-refractivity contribution is 0.250. The first-order valence-corrected chi connectivity index (χ1v) is 8.32. The first-order valence-electron chi connectivity index (χ1n) is 6.50. The summed E-state index contributed by atoms with van der Waals surface area (Å²) in [5, 5.41) is 0.443. The molecular weight excluding hydrogens is 284 g/mol. The Morgan fingerprint density at radius 1 is 1.42 bits per heavy atom. The molecule has 106 valence electrons. The second-order valence-electron chi connectivity index (χ2n) is 4.93. The van der Waals surface area contributed by atoms with Crippen molar-refractivity contribution in [2.45, 2.75) is 31.1 Å². The van der Waals surface area contributed by atoms with E-state index < -0.39 is 10.0 Å². The highest BCUT2D eigenvalue weighted by Gasteiger charge is 2.29. The third-order valence-corrected chi connectivity index (χ3v) is 5.88. The van der Waals surface area contributed by atoms with E-state index in [1.165, 1.54) is 22.9 Å². The van der Waals surface area contributed by atoms with Gasteiger partial charge in [0.25, 0.3) is 0 Å². The minimum absolute atomic E-state index is 0.151. The molecule has 0 atom stereocenters. The van der Waals surface area contributed by atoms with Crippen molar-refractivity contribution in [1.29, 1.82) is 0 Å². The van der Waals surface area contributed by atoms with Crippen LogP contribution in [0.2, 0.25) is 5.02 Å². The predicted molar refractivity (Wildman–Crippen MR) is 77.6 cm³/mol. The first-order chi connectivity index (χ1) is 8.95. The molecule has 0 heterocycles. The molecule has 0 aliphatic heterocycles. The van der Waals surface area contributed by atoms with Gasteiger partial charge >= 0.3 is 0 Å². The van der Waals surface area contributed by atoms with Gasteiger partial charge in [0.15, 0.2) is 0 Å². The van der Waals surface area contributed by atoms with Crippen LogP contribution in [0.4, 0.5) is 5.69 Å². The van der Waals surface area contributed by atoms with Gasteiger partial charge in [-0.2, -0.15) is 4.31 Å². The molecule has 2 N–H and O–H groups in total. The van der Waals surface area contributed by atoms with E-state index in [-0.39, 0.29) is 10.6 Å². The summed E-state index contributed by atoms with van der Waals surface area (Å²) in [5.41, 5.74) is 5.99. The second-order valence-corrected chi connectivity index (χ2v) is 7.28. The van der Waals surface area contributed by atoms with Crippen molar-refractivity contribution in [3.05, 3.63) is 23.2 Å². The maximum absolute atomic E-state index is 12.6. The van der Waals surface area contributed by atoms with Crippen LogP contribution in [0.3, 0.4) is 0 Å². The van der Waals surface area contributed by atoms with E-state index in [2.05, 4.69) is 0 Å². The zero-order valence-electron chi connectivity index (χ0n) is 11.0. The van der Waals surface area contributed by atoms with Crippen LogP contribution in [0.15, 0.2) is 23.1 Å². The summed E-state index contributed by atoms with van der Waals surface area (Å²) in [6, 6.07) is 4.52. The highest BCUT2D eigenvalue weighted by molar-refractivity contribution is 7.89. The molecule has 1 aliphatic carbocycles. The Bertz CT molecular complexity index is 556. The molecule has 0 unspecified atom stereocenters. The summed E-state index contributed by atoms with van der Waals surface area (Å²) in [4.78, 5) is 0.151. The van der Waals surface area contributed by atoms with Gasteiger partial charge in [-0.05, 0) is 37.0 Å². The summed E-state index contributed by atoms with van der Waals surface area (Å²) >= 11 is 5.81. The van der Waals surface area contributed by atoms with Crippen molar-refractivity contribution >= 4 is 27.3 Å². The molecular formula is C13H19ClN2O2S. The van der Waals surface area contributed by atoms with Gasteiger partial charge in [0.2, 0.25) is 10.0 Å². The minimum Gasteiger partial charge on any atom is -0.398 e. The van der Waals surface area contributed by atoms with Crippen LogP contribution in [-0.4, -0.2) is 25.8 Å². The largest absolute Gasteiger partial charge is 0.398 e. The van der Waals surface area contributed by atoms with Gasteiger partial charge in [-0.1, -0.05) is 24.9 Å². The molecule has 1 saturated carbocycles. The zero-order valence-corrected chi connectivity index (χ0v) is 12.5. The smallest absolute Gasteiger partial charge is 0.245 e. The van der Waals surface area contributed by atoms with E-state index in [4.69, 9.17) is 17.3 Å². The SMILES string of the molecule is CCN(CC1CCC1)S(=O)(=O)c1ccc(Cl)cc1N. The lowest BCUT2D eigenvalue weighted by atomic mass is 9.85. The second kappa shape index (κ2) is 5.69. The molecule has 1 aromatic rings. The molecule has 2 rings (SSSR count). The van der Waals surface area contributed by atoms with Crippen LogP contribution in [0.1, 0.15) is 26.2 Å². The fourth-order valence-electron chi connectivity index (χ4n) is 2.25. The minimum atomic E-state index is -3.52. The Hall–Kier alpha value is -0.780. The number of sulfonamides is 1. The lowest BCUT2D eigenvalue weighted by Crippen LogP contribution is -2.37. The third kappa shape index (κ3) is 3.04. The lowest BCUT2D eigenvalue weighted by Gasteiger charge is -2.31. The zero-order chi connectivity index (χ0) is 14.0. The van der Waals surface area contributed by atoms with E-state index in [0.29, 0.717) is 24.0 Å². The summed E-state index contributed by atoms with van der Waals surface area (Å²) in [6.07, 6.45) is 3.43. The van der Waals surface area contributed by atoms with E-state index >= 15 is 0 Å². The third-order valence-electron chi connectivity index (χ3n) is 3.63. The summed E-state index contributed by atoms with van der Waals surface area (Å²) in [7, 11) is -3.52. The molecule has 0 bridgehead atoms. The van der Waals surface area contributed by atoms with Crippen LogP contribution < -0.4 is 5.73 Å². The average molecular weight is 303 g/mol. The maximum atomic E-state index is 12.6. The number of hydrogen-bond acceptors (Lipinski definition) is 3. The highest BCUT2D eigenvalue weighted by atomic mass is 35.5. The Balaban J connectivity index is 2.27. The van der Waals surface area contributed by atoms with Crippen molar-refractivity contribution in [2.75, 3.05) is 18.8 Å². The number of hydrogen-bond donors (Lipinski definition) is 1. The molecule has 1 aliphatic rings. The Labute approximate surface area is 119 Å². The van der Waals surface area contributed by atoms with E-state index in [0.717, 1.165) is 12.8 Å². The van der Waals surface area contributed by atoms with E-state index in [1.807, 2.05) is 6.92 Å². The van der Waals surface area contributed by atoms with Crippen LogP contribution in [-0.2, 0) is 10.0 Å². The Morgan fingerprint density at radius 3 is 2.58 bits per heavy atom. The standard InChI is InChI=1S/C13H19ClN2O2S/c1-2-16(9-10-4-3-5-10)19(17,18)13-7-6-11(14)8-12(13)15/h6-8,10H,2-5,9,15H2,1H3. The molecule has 19 heavy (non-hydrogen) atoms. The molecule has 0 saturated heterocycles. The number of nitrogens with zero attached hydrogens (tertiary/aromatic N) is 1. The van der Waals surface area contributed by atoms with Crippen molar-refractivity contribution in [2.24, 2.45) is 5.92 Å². The number of rotatable bonds is 5. The van der Waals surface area contributed by atoms with Crippen molar-refractivity contribution < 1.29 is 8.42 Å². The molecule has 0 spiro atoms. The van der Waals surface area contributed by atoms with Gasteiger partial charge in [0.05, 0.1) is 5.69 Å². The molecule has 4 nitrogen and oxygen atoms in total.